The van der Waals surface area contributed by atoms with Crippen LogP contribution < -0.4 is 5.32 Å². The molecule has 1 fully saturated rings. The Morgan fingerprint density at radius 2 is 2.12 bits per heavy atom. The lowest BCUT2D eigenvalue weighted by Gasteiger charge is -2.44. The van der Waals surface area contributed by atoms with Crippen LogP contribution in [0.1, 0.15) is 27.2 Å². The summed E-state index contributed by atoms with van der Waals surface area (Å²) in [5, 5.41) is 2.60. The fourth-order valence-corrected chi connectivity index (χ4v) is 2.09. The number of hydrogen-bond donors (Lipinski definition) is 1. The molecule has 2 amide bonds. The van der Waals surface area contributed by atoms with E-state index in [1.165, 1.54) is 0 Å². The number of methoxy groups -OCH3 is 1. The monoisotopic (exact) mass is 228 g/mol. The molecule has 0 aromatic rings. The van der Waals surface area contributed by atoms with E-state index >= 15 is 0 Å². The van der Waals surface area contributed by atoms with Crippen LogP contribution in [0, 0.1) is 0 Å². The van der Waals surface area contributed by atoms with Crippen molar-refractivity contribution in [2.45, 2.75) is 38.8 Å². The molecule has 0 aliphatic carbocycles. The predicted molar refractivity (Wildman–Crippen MR) is 59.9 cm³/mol. The number of hydrogen-bond acceptors (Lipinski definition) is 3. The van der Waals surface area contributed by atoms with Crippen molar-refractivity contribution in [3.05, 3.63) is 0 Å². The fourth-order valence-electron chi connectivity index (χ4n) is 2.09. The molecule has 1 aliphatic rings. The van der Waals surface area contributed by atoms with Gasteiger partial charge >= 0.3 is 0 Å². The molecule has 1 saturated heterocycles. The molecular weight excluding hydrogens is 208 g/mol. The van der Waals surface area contributed by atoms with Gasteiger partial charge in [-0.2, -0.15) is 0 Å². The predicted octanol–water partition coefficient (Wildman–Crippen LogP) is 0.148. The Hall–Kier alpha value is -1.10. The third-order valence-electron chi connectivity index (χ3n) is 3.01. The Balaban J connectivity index is 2.80. The van der Waals surface area contributed by atoms with Crippen LogP contribution in [0.2, 0.25) is 0 Å². The molecule has 1 N–H and O–H groups in total. The first kappa shape index (κ1) is 13.0. The first-order chi connectivity index (χ1) is 7.41. The molecule has 0 spiro atoms. The largest absolute Gasteiger partial charge is 0.385 e. The molecule has 1 unspecified atom stereocenters. The van der Waals surface area contributed by atoms with Crippen LogP contribution in [0.3, 0.4) is 0 Å². The van der Waals surface area contributed by atoms with Crippen LogP contribution in [0.25, 0.3) is 0 Å². The second kappa shape index (κ2) is 4.82. The zero-order valence-electron chi connectivity index (χ0n) is 10.4. The average molecular weight is 228 g/mol. The van der Waals surface area contributed by atoms with Gasteiger partial charge in [-0.15, -0.1) is 0 Å². The van der Waals surface area contributed by atoms with Crippen LogP contribution in [0.5, 0.6) is 0 Å². The number of carbonyl (C=O) groups is 2. The fraction of sp³-hybridized carbons (Fsp3) is 0.818. The molecule has 1 rings (SSSR count). The van der Waals surface area contributed by atoms with E-state index in [9.17, 15) is 9.59 Å². The molecule has 0 radical (unpaired) electrons. The van der Waals surface area contributed by atoms with Crippen molar-refractivity contribution in [1.82, 2.24) is 10.2 Å². The quantitative estimate of drug-likeness (QED) is 0.745. The molecule has 16 heavy (non-hydrogen) atoms. The molecule has 0 saturated carbocycles. The maximum absolute atomic E-state index is 11.8. The lowest BCUT2D eigenvalue weighted by molar-refractivity contribution is -0.154. The number of carbonyl (C=O) groups excluding carboxylic acids is 2. The third-order valence-corrected chi connectivity index (χ3v) is 3.01. The van der Waals surface area contributed by atoms with Crippen molar-refractivity contribution in [3.8, 4) is 0 Å². The van der Waals surface area contributed by atoms with Gasteiger partial charge in [0.25, 0.3) is 0 Å². The highest BCUT2D eigenvalue weighted by Gasteiger charge is 2.43. The molecule has 5 heteroatoms. The molecule has 1 aliphatic heterocycles. The maximum Gasteiger partial charge on any atom is 0.245 e. The minimum Gasteiger partial charge on any atom is -0.385 e. The van der Waals surface area contributed by atoms with Gasteiger partial charge in [0.05, 0.1) is 6.54 Å². The number of piperazine rings is 1. The molecular formula is C11H20N2O3. The summed E-state index contributed by atoms with van der Waals surface area (Å²) in [6, 6.07) is 0.00787. The number of ether oxygens (including phenoxy) is 1. The summed E-state index contributed by atoms with van der Waals surface area (Å²) < 4.78 is 5.00. The summed E-state index contributed by atoms with van der Waals surface area (Å²) in [5.41, 5.74) is -0.775. The summed E-state index contributed by atoms with van der Waals surface area (Å²) in [5.74, 6) is -0.135. The minimum absolute atomic E-state index is 0.00787. The molecule has 5 nitrogen and oxygen atoms in total. The van der Waals surface area contributed by atoms with Crippen molar-refractivity contribution in [2.24, 2.45) is 0 Å². The van der Waals surface area contributed by atoms with Gasteiger partial charge in [-0.25, -0.2) is 0 Å². The van der Waals surface area contributed by atoms with E-state index in [1.54, 1.807) is 25.9 Å². The van der Waals surface area contributed by atoms with Crippen molar-refractivity contribution in [3.63, 3.8) is 0 Å². The van der Waals surface area contributed by atoms with Gasteiger partial charge in [-0.3, -0.25) is 9.59 Å². The van der Waals surface area contributed by atoms with E-state index in [-0.39, 0.29) is 24.4 Å². The van der Waals surface area contributed by atoms with Gasteiger partial charge in [-0.05, 0) is 27.2 Å². The van der Waals surface area contributed by atoms with Crippen LogP contribution in [0.15, 0.2) is 0 Å². The Morgan fingerprint density at radius 3 is 2.69 bits per heavy atom. The Bertz CT molecular complexity index is 289. The van der Waals surface area contributed by atoms with Gasteiger partial charge in [0.2, 0.25) is 11.8 Å². The van der Waals surface area contributed by atoms with E-state index < -0.39 is 5.54 Å². The lowest BCUT2D eigenvalue weighted by atomic mass is 9.95. The Labute approximate surface area is 96.1 Å². The van der Waals surface area contributed by atoms with Crippen LogP contribution in [0.4, 0.5) is 0 Å². The van der Waals surface area contributed by atoms with E-state index in [4.69, 9.17) is 4.74 Å². The van der Waals surface area contributed by atoms with Crippen LogP contribution in [-0.2, 0) is 14.3 Å². The average Bonchev–Trinajstić information content (AvgIpc) is 2.21. The standard InChI is InChI=1S/C11H20N2O3/c1-8(5-6-16-4)13-9(14)7-12-10(15)11(13,2)3/h8H,5-7H2,1-4H3,(H,12,15). The van der Waals surface area contributed by atoms with E-state index in [0.717, 1.165) is 6.42 Å². The smallest absolute Gasteiger partial charge is 0.245 e. The number of amides is 2. The zero-order chi connectivity index (χ0) is 12.3. The van der Waals surface area contributed by atoms with Crippen molar-refractivity contribution >= 4 is 11.8 Å². The highest BCUT2D eigenvalue weighted by atomic mass is 16.5. The normalized spacial score (nSPS) is 21.9. The first-order valence-electron chi connectivity index (χ1n) is 5.50. The van der Waals surface area contributed by atoms with Gasteiger partial charge in [0.1, 0.15) is 5.54 Å². The van der Waals surface area contributed by atoms with Gasteiger partial charge in [0.15, 0.2) is 0 Å². The molecule has 0 aromatic heterocycles. The molecule has 0 bridgehead atoms. The van der Waals surface area contributed by atoms with E-state index in [0.29, 0.717) is 6.61 Å². The molecule has 92 valence electrons. The first-order valence-corrected chi connectivity index (χ1v) is 5.50. The Kier molecular flexibility index (Phi) is 3.91. The molecule has 1 heterocycles. The maximum atomic E-state index is 11.8. The van der Waals surface area contributed by atoms with Gasteiger partial charge < -0.3 is 15.0 Å². The van der Waals surface area contributed by atoms with E-state index in [2.05, 4.69) is 5.32 Å². The highest BCUT2D eigenvalue weighted by molar-refractivity contribution is 5.97. The van der Waals surface area contributed by atoms with Crippen molar-refractivity contribution in [1.29, 1.82) is 0 Å². The van der Waals surface area contributed by atoms with Crippen LogP contribution >= 0.6 is 0 Å². The summed E-state index contributed by atoms with van der Waals surface area (Å²) in [7, 11) is 1.63. The van der Waals surface area contributed by atoms with Crippen molar-refractivity contribution < 1.29 is 14.3 Å². The van der Waals surface area contributed by atoms with Gasteiger partial charge in [-0.1, -0.05) is 0 Å². The topological polar surface area (TPSA) is 58.6 Å². The summed E-state index contributed by atoms with van der Waals surface area (Å²) >= 11 is 0. The Morgan fingerprint density at radius 1 is 1.50 bits per heavy atom. The van der Waals surface area contributed by atoms with Gasteiger partial charge in [0, 0.05) is 19.8 Å². The van der Waals surface area contributed by atoms with Crippen molar-refractivity contribution in [2.75, 3.05) is 20.3 Å². The zero-order valence-corrected chi connectivity index (χ0v) is 10.4. The summed E-state index contributed by atoms with van der Waals surface area (Å²) in [6.07, 6.45) is 0.735. The number of nitrogens with zero attached hydrogens (tertiary/aromatic N) is 1. The lowest BCUT2D eigenvalue weighted by Crippen LogP contribution is -2.66. The third kappa shape index (κ3) is 2.35. The number of nitrogens with one attached hydrogen (secondary N) is 1. The molecule has 0 aromatic carbocycles. The summed E-state index contributed by atoms with van der Waals surface area (Å²) in [4.78, 5) is 25.2. The summed E-state index contributed by atoms with van der Waals surface area (Å²) in [6.45, 7) is 6.16. The SMILES string of the molecule is COCCC(C)N1C(=O)CNC(=O)C1(C)C. The van der Waals surface area contributed by atoms with Crippen LogP contribution in [-0.4, -0.2) is 48.6 Å². The minimum atomic E-state index is -0.775. The van der Waals surface area contributed by atoms with E-state index in [1.807, 2.05) is 6.92 Å². The molecule has 1 atom stereocenters. The number of rotatable bonds is 4. The highest BCUT2D eigenvalue weighted by Crippen LogP contribution is 2.22. The second-order valence-corrected chi connectivity index (χ2v) is 4.64. The second-order valence-electron chi connectivity index (χ2n) is 4.64.